The highest BCUT2D eigenvalue weighted by molar-refractivity contribution is 6.42. The predicted octanol–water partition coefficient (Wildman–Crippen LogP) is 4.64. The first kappa shape index (κ1) is 23.3. The first-order valence-electron chi connectivity index (χ1n) is 10.6. The molecule has 2 fully saturated rings. The van der Waals surface area contributed by atoms with E-state index in [1.165, 1.54) is 12.4 Å². The number of hydrogen-bond donors (Lipinski definition) is 1. The van der Waals surface area contributed by atoms with Crippen LogP contribution in [0.15, 0.2) is 30.6 Å². The van der Waals surface area contributed by atoms with Crippen molar-refractivity contribution in [1.29, 1.82) is 0 Å². The number of ether oxygens (including phenoxy) is 5. The van der Waals surface area contributed by atoms with Gasteiger partial charge in [0.2, 0.25) is 0 Å². The maximum atomic E-state index is 14.4. The van der Waals surface area contributed by atoms with Crippen molar-refractivity contribution >= 4 is 45.6 Å². The summed E-state index contributed by atoms with van der Waals surface area (Å²) in [4.78, 5) is 8.59. The molecule has 0 aliphatic carbocycles. The number of halogens is 3. The van der Waals surface area contributed by atoms with Gasteiger partial charge in [-0.25, -0.2) is 14.4 Å². The van der Waals surface area contributed by atoms with Crippen LogP contribution in [0.2, 0.25) is 10.0 Å². The van der Waals surface area contributed by atoms with E-state index in [0.29, 0.717) is 48.0 Å². The molecule has 2 saturated heterocycles. The maximum Gasteiger partial charge on any atom is 0.163 e. The minimum atomic E-state index is -0.560. The Bertz CT molecular complexity index is 1220. The van der Waals surface area contributed by atoms with Gasteiger partial charge in [-0.2, -0.15) is 0 Å². The number of anilines is 2. The fourth-order valence-corrected chi connectivity index (χ4v) is 4.58. The molecule has 1 N–H and O–H groups in total. The largest absolute Gasteiger partial charge is 0.493 e. The van der Waals surface area contributed by atoms with Gasteiger partial charge < -0.3 is 29.0 Å². The summed E-state index contributed by atoms with van der Waals surface area (Å²) in [6.45, 7) is 1.41. The molecule has 180 valence electrons. The van der Waals surface area contributed by atoms with Crippen LogP contribution in [-0.4, -0.2) is 62.3 Å². The van der Waals surface area contributed by atoms with Crippen molar-refractivity contribution in [2.45, 2.75) is 18.3 Å². The Labute approximate surface area is 205 Å². The molecule has 5 rings (SSSR count). The number of rotatable bonds is 7. The summed E-state index contributed by atoms with van der Waals surface area (Å²) in [7, 11) is 3.20. The summed E-state index contributed by atoms with van der Waals surface area (Å²) in [5, 5.41) is 3.92. The molecule has 4 atom stereocenters. The Morgan fingerprint density at radius 1 is 1.03 bits per heavy atom. The molecule has 0 amide bonds. The van der Waals surface area contributed by atoms with Crippen molar-refractivity contribution in [3.05, 3.63) is 46.5 Å². The summed E-state index contributed by atoms with van der Waals surface area (Å²) in [6.07, 6.45) is 1.16. The van der Waals surface area contributed by atoms with E-state index in [4.69, 9.17) is 46.9 Å². The highest BCUT2D eigenvalue weighted by Crippen LogP contribution is 2.38. The number of benzene rings is 2. The van der Waals surface area contributed by atoms with E-state index in [2.05, 4.69) is 15.3 Å². The Morgan fingerprint density at radius 2 is 1.82 bits per heavy atom. The smallest absolute Gasteiger partial charge is 0.163 e. The molecular formula is C23H22Cl2FN3O5. The van der Waals surface area contributed by atoms with Gasteiger partial charge in [0.15, 0.2) is 11.5 Å². The molecule has 2 aromatic carbocycles. The van der Waals surface area contributed by atoms with Gasteiger partial charge in [0.25, 0.3) is 0 Å². The van der Waals surface area contributed by atoms with Gasteiger partial charge in [-0.05, 0) is 18.2 Å². The molecule has 3 aromatic rings. The van der Waals surface area contributed by atoms with Crippen molar-refractivity contribution in [3.8, 4) is 11.5 Å². The van der Waals surface area contributed by atoms with Crippen LogP contribution >= 0.6 is 23.2 Å². The number of nitrogens with zero attached hydrogens (tertiary/aromatic N) is 2. The van der Waals surface area contributed by atoms with Gasteiger partial charge in [-0.3, -0.25) is 0 Å². The molecule has 11 heteroatoms. The number of methoxy groups -OCH3 is 2. The zero-order valence-electron chi connectivity index (χ0n) is 18.4. The lowest BCUT2D eigenvalue weighted by molar-refractivity contribution is -0.0104. The molecule has 0 spiro atoms. The second kappa shape index (κ2) is 9.67. The number of nitrogens with one attached hydrogen (secondary N) is 1. The summed E-state index contributed by atoms with van der Waals surface area (Å²) in [5.41, 5.74) is 0.723. The maximum absolute atomic E-state index is 14.4. The van der Waals surface area contributed by atoms with E-state index < -0.39 is 5.82 Å². The third-order valence-corrected chi connectivity index (χ3v) is 6.77. The van der Waals surface area contributed by atoms with E-state index in [1.807, 2.05) is 0 Å². The summed E-state index contributed by atoms with van der Waals surface area (Å²) in [5.74, 6) is 0.882. The molecule has 0 radical (unpaired) electrons. The Kier molecular flexibility index (Phi) is 6.63. The third kappa shape index (κ3) is 4.34. The van der Waals surface area contributed by atoms with Crippen molar-refractivity contribution in [2.24, 2.45) is 5.92 Å². The Morgan fingerprint density at radius 3 is 2.62 bits per heavy atom. The lowest BCUT2D eigenvalue weighted by Gasteiger charge is -2.18. The second-order valence-corrected chi connectivity index (χ2v) is 8.87. The second-order valence-electron chi connectivity index (χ2n) is 8.05. The van der Waals surface area contributed by atoms with Crippen molar-refractivity contribution in [3.63, 3.8) is 0 Å². The van der Waals surface area contributed by atoms with Gasteiger partial charge in [-0.15, -0.1) is 0 Å². The van der Waals surface area contributed by atoms with Crippen LogP contribution in [0.1, 0.15) is 0 Å². The summed E-state index contributed by atoms with van der Waals surface area (Å²) in [6, 6.07) is 6.04. The van der Waals surface area contributed by atoms with E-state index in [1.54, 1.807) is 26.4 Å². The standard InChI is InChI=1S/C23H22Cl2FN3O5/c1-30-18-3-12-16(27-10-28-23(12)29-17-5-14(25)13(24)4-15(17)26)6-19(18)32-7-11-8-33-22-20(31-2)9-34-21(11)22/h3-6,10-11,20-22H,7-9H2,1-2H3,(H,27,28,29)/t11-,20-,21+,22-/m0/s1. The highest BCUT2D eigenvalue weighted by Gasteiger charge is 2.48. The van der Waals surface area contributed by atoms with Gasteiger partial charge in [0.1, 0.15) is 30.2 Å². The zero-order chi connectivity index (χ0) is 23.8. The first-order chi connectivity index (χ1) is 16.5. The molecule has 34 heavy (non-hydrogen) atoms. The molecule has 0 unspecified atom stereocenters. The first-order valence-corrected chi connectivity index (χ1v) is 11.4. The monoisotopic (exact) mass is 509 g/mol. The average molecular weight is 510 g/mol. The van der Waals surface area contributed by atoms with Gasteiger partial charge in [0.05, 0.1) is 54.3 Å². The topological polar surface area (TPSA) is 84.0 Å². The fraction of sp³-hybridized carbons (Fsp3) is 0.391. The van der Waals surface area contributed by atoms with E-state index in [0.717, 1.165) is 6.07 Å². The average Bonchev–Trinajstić information content (AvgIpc) is 3.43. The molecule has 1 aromatic heterocycles. The highest BCUT2D eigenvalue weighted by atomic mass is 35.5. The van der Waals surface area contributed by atoms with E-state index >= 15 is 0 Å². The van der Waals surface area contributed by atoms with Crippen molar-refractivity contribution in [2.75, 3.05) is 39.4 Å². The Balaban J connectivity index is 1.38. The SMILES string of the molecule is COc1cc2c(Nc3cc(Cl)c(Cl)cc3F)ncnc2cc1OC[C@H]1CO[C@@H]2[C@@H]1OC[C@@H]2OC. The Hall–Kier alpha value is -2.43. The van der Waals surface area contributed by atoms with E-state index in [-0.39, 0.29) is 40.0 Å². The predicted molar refractivity (Wildman–Crippen MR) is 125 cm³/mol. The molecule has 2 aliphatic heterocycles. The number of aromatic nitrogens is 2. The van der Waals surface area contributed by atoms with Crippen LogP contribution in [0.3, 0.4) is 0 Å². The fourth-order valence-electron chi connectivity index (χ4n) is 4.27. The molecule has 0 saturated carbocycles. The zero-order valence-corrected chi connectivity index (χ0v) is 19.9. The van der Waals surface area contributed by atoms with Crippen molar-refractivity contribution < 1.29 is 28.1 Å². The minimum absolute atomic E-state index is 0.0609. The molecule has 3 heterocycles. The number of hydrogen-bond acceptors (Lipinski definition) is 8. The van der Waals surface area contributed by atoms with Gasteiger partial charge in [0, 0.05) is 24.5 Å². The lowest BCUT2D eigenvalue weighted by atomic mass is 10.0. The lowest BCUT2D eigenvalue weighted by Crippen LogP contribution is -2.32. The third-order valence-electron chi connectivity index (χ3n) is 6.05. The summed E-state index contributed by atoms with van der Waals surface area (Å²) >= 11 is 11.9. The molecule has 0 bridgehead atoms. The quantitative estimate of drug-likeness (QED) is 0.461. The van der Waals surface area contributed by atoms with Gasteiger partial charge in [-0.1, -0.05) is 23.2 Å². The molecular weight excluding hydrogens is 488 g/mol. The van der Waals surface area contributed by atoms with Crippen LogP contribution in [0.5, 0.6) is 11.5 Å². The number of fused-ring (bicyclic) bond motifs is 2. The van der Waals surface area contributed by atoms with Crippen molar-refractivity contribution in [1.82, 2.24) is 9.97 Å². The van der Waals surface area contributed by atoms with Crippen LogP contribution in [-0.2, 0) is 14.2 Å². The molecule has 8 nitrogen and oxygen atoms in total. The molecule has 2 aliphatic rings. The van der Waals surface area contributed by atoms with E-state index in [9.17, 15) is 4.39 Å². The van der Waals surface area contributed by atoms with Crippen LogP contribution in [0, 0.1) is 11.7 Å². The van der Waals surface area contributed by atoms with Crippen LogP contribution in [0.4, 0.5) is 15.9 Å². The van der Waals surface area contributed by atoms with Gasteiger partial charge >= 0.3 is 0 Å². The van der Waals surface area contributed by atoms with Crippen LogP contribution < -0.4 is 14.8 Å². The normalized spacial score (nSPS) is 23.8. The summed E-state index contributed by atoms with van der Waals surface area (Å²) < 4.78 is 43.2. The van der Waals surface area contributed by atoms with Crippen LogP contribution in [0.25, 0.3) is 10.9 Å². The minimum Gasteiger partial charge on any atom is -0.493 e.